The summed E-state index contributed by atoms with van der Waals surface area (Å²) in [7, 11) is -2.88. The van der Waals surface area contributed by atoms with Gasteiger partial charge in [0.2, 0.25) is 0 Å². The molecule has 0 unspecified atom stereocenters. The van der Waals surface area contributed by atoms with Crippen LogP contribution in [0.2, 0.25) is 0 Å². The van der Waals surface area contributed by atoms with Crippen LogP contribution in [-0.2, 0) is 22.9 Å². The first-order valence-corrected chi connectivity index (χ1v) is 9.41. The number of aromatic nitrogens is 1. The summed E-state index contributed by atoms with van der Waals surface area (Å²) >= 11 is 0. The molecule has 21 heavy (non-hydrogen) atoms. The molecular formula is C16H24N2O2S. The van der Waals surface area contributed by atoms with Crippen molar-refractivity contribution < 1.29 is 8.42 Å². The number of nitrogens with one attached hydrogen (secondary N) is 1. The van der Waals surface area contributed by atoms with Crippen LogP contribution in [0.15, 0.2) is 30.5 Å². The first-order valence-electron chi connectivity index (χ1n) is 7.34. The van der Waals surface area contributed by atoms with Crippen LogP contribution >= 0.6 is 0 Å². The van der Waals surface area contributed by atoms with Gasteiger partial charge in [0.1, 0.15) is 9.84 Å². The van der Waals surface area contributed by atoms with Gasteiger partial charge in [-0.3, -0.25) is 0 Å². The molecule has 4 nitrogen and oxygen atoms in total. The van der Waals surface area contributed by atoms with Crippen LogP contribution < -0.4 is 5.32 Å². The number of aryl methyl sites for hydroxylation is 1. The van der Waals surface area contributed by atoms with Gasteiger partial charge in [-0.25, -0.2) is 8.42 Å². The standard InChI is InChI=1S/C16H24N2O2S/c1-13(2)17-12-14-6-4-7-16-15(14)8-10-18(16)9-5-11-21(3,19)20/h4,6-8,10,13,17H,5,9,11-12H2,1-3H3. The van der Waals surface area contributed by atoms with Gasteiger partial charge in [0.05, 0.1) is 5.75 Å². The number of fused-ring (bicyclic) bond motifs is 1. The smallest absolute Gasteiger partial charge is 0.147 e. The van der Waals surface area contributed by atoms with Crippen LogP contribution in [-0.4, -0.2) is 31.0 Å². The highest BCUT2D eigenvalue weighted by molar-refractivity contribution is 7.90. The zero-order valence-corrected chi connectivity index (χ0v) is 13.8. The number of hydrogen-bond acceptors (Lipinski definition) is 3. The molecule has 5 heteroatoms. The van der Waals surface area contributed by atoms with Crippen molar-refractivity contribution in [2.45, 2.75) is 39.4 Å². The summed E-state index contributed by atoms with van der Waals surface area (Å²) in [5.74, 6) is 0.237. The molecule has 1 aromatic heterocycles. The second-order valence-electron chi connectivity index (χ2n) is 5.88. The SMILES string of the molecule is CC(C)NCc1cccc2c1ccn2CCCS(C)(=O)=O. The highest BCUT2D eigenvalue weighted by Gasteiger charge is 2.07. The van der Waals surface area contributed by atoms with Crippen LogP contribution in [0.1, 0.15) is 25.8 Å². The molecular weight excluding hydrogens is 284 g/mol. The van der Waals surface area contributed by atoms with Crippen molar-refractivity contribution >= 4 is 20.7 Å². The predicted octanol–water partition coefficient (Wildman–Crippen LogP) is 2.57. The summed E-state index contributed by atoms with van der Waals surface area (Å²) in [4.78, 5) is 0. The van der Waals surface area contributed by atoms with Crippen molar-refractivity contribution in [1.82, 2.24) is 9.88 Å². The van der Waals surface area contributed by atoms with Crippen LogP contribution in [0.4, 0.5) is 0 Å². The molecule has 0 aliphatic carbocycles. The van der Waals surface area contributed by atoms with Gasteiger partial charge in [0.25, 0.3) is 0 Å². The Bertz CT molecular complexity index is 702. The van der Waals surface area contributed by atoms with Crippen LogP contribution in [0.5, 0.6) is 0 Å². The molecule has 116 valence electrons. The molecule has 0 fully saturated rings. The van der Waals surface area contributed by atoms with Crippen molar-refractivity contribution in [3.8, 4) is 0 Å². The Morgan fingerprint density at radius 3 is 2.67 bits per heavy atom. The quantitative estimate of drug-likeness (QED) is 0.855. The lowest BCUT2D eigenvalue weighted by atomic mass is 10.1. The molecule has 0 radical (unpaired) electrons. The van der Waals surface area contributed by atoms with E-state index in [-0.39, 0.29) is 5.75 Å². The monoisotopic (exact) mass is 308 g/mol. The number of sulfone groups is 1. The summed E-state index contributed by atoms with van der Waals surface area (Å²) in [5.41, 5.74) is 2.45. The third-order valence-corrected chi connectivity index (χ3v) is 4.55. The molecule has 0 amide bonds. The summed E-state index contributed by atoms with van der Waals surface area (Å²) < 4.78 is 24.6. The zero-order chi connectivity index (χ0) is 15.5. The number of benzene rings is 1. The maximum Gasteiger partial charge on any atom is 0.147 e. The van der Waals surface area contributed by atoms with E-state index < -0.39 is 9.84 Å². The zero-order valence-electron chi connectivity index (χ0n) is 13.0. The van der Waals surface area contributed by atoms with E-state index in [1.165, 1.54) is 22.7 Å². The Kier molecular flexibility index (Phi) is 5.06. The highest BCUT2D eigenvalue weighted by Crippen LogP contribution is 2.20. The first kappa shape index (κ1) is 16.0. The maximum absolute atomic E-state index is 11.2. The molecule has 1 heterocycles. The average Bonchev–Trinajstić information content (AvgIpc) is 2.79. The van der Waals surface area contributed by atoms with Gasteiger partial charge in [-0.2, -0.15) is 0 Å². The molecule has 0 saturated carbocycles. The fourth-order valence-electron chi connectivity index (χ4n) is 2.45. The molecule has 0 aliphatic heterocycles. The fourth-order valence-corrected chi connectivity index (χ4v) is 3.10. The first-order chi connectivity index (χ1) is 9.87. The third-order valence-electron chi connectivity index (χ3n) is 3.52. The number of nitrogens with zero attached hydrogens (tertiary/aromatic N) is 1. The summed E-state index contributed by atoms with van der Waals surface area (Å²) in [5, 5.41) is 4.68. The average molecular weight is 308 g/mol. The second-order valence-corrected chi connectivity index (χ2v) is 8.14. The Morgan fingerprint density at radius 2 is 2.00 bits per heavy atom. The van der Waals surface area contributed by atoms with E-state index in [0.717, 1.165) is 13.1 Å². The molecule has 0 spiro atoms. The lowest BCUT2D eigenvalue weighted by Gasteiger charge is -2.10. The minimum absolute atomic E-state index is 0.237. The minimum atomic E-state index is -2.88. The largest absolute Gasteiger partial charge is 0.347 e. The van der Waals surface area contributed by atoms with Crippen molar-refractivity contribution in [3.63, 3.8) is 0 Å². The Labute approximate surface area is 127 Å². The van der Waals surface area contributed by atoms with Crippen molar-refractivity contribution in [2.24, 2.45) is 0 Å². The van der Waals surface area contributed by atoms with E-state index in [2.05, 4.69) is 48.0 Å². The summed E-state index contributed by atoms with van der Waals surface area (Å²) in [6.07, 6.45) is 3.99. The van der Waals surface area contributed by atoms with Gasteiger partial charge in [0, 0.05) is 42.5 Å². The topological polar surface area (TPSA) is 51.1 Å². The Morgan fingerprint density at radius 1 is 1.24 bits per heavy atom. The lowest BCUT2D eigenvalue weighted by Crippen LogP contribution is -2.21. The number of rotatable bonds is 7. The van der Waals surface area contributed by atoms with Gasteiger partial charge >= 0.3 is 0 Å². The van der Waals surface area contributed by atoms with Crippen LogP contribution in [0, 0.1) is 0 Å². The molecule has 1 N–H and O–H groups in total. The molecule has 2 aromatic rings. The molecule has 2 rings (SSSR count). The van der Waals surface area contributed by atoms with E-state index in [0.29, 0.717) is 12.5 Å². The van der Waals surface area contributed by atoms with Gasteiger partial charge in [-0.1, -0.05) is 26.0 Å². The van der Waals surface area contributed by atoms with Gasteiger partial charge in [-0.05, 0) is 24.1 Å². The normalized spacial score (nSPS) is 12.4. The molecule has 0 atom stereocenters. The third kappa shape index (κ3) is 4.58. The van der Waals surface area contributed by atoms with Crippen molar-refractivity contribution in [3.05, 3.63) is 36.0 Å². The Balaban J connectivity index is 2.14. The van der Waals surface area contributed by atoms with E-state index in [9.17, 15) is 8.42 Å². The second kappa shape index (κ2) is 6.62. The van der Waals surface area contributed by atoms with Gasteiger partial charge in [-0.15, -0.1) is 0 Å². The van der Waals surface area contributed by atoms with E-state index in [4.69, 9.17) is 0 Å². The van der Waals surface area contributed by atoms with Crippen LogP contribution in [0.25, 0.3) is 10.9 Å². The molecule has 1 aromatic carbocycles. The number of hydrogen-bond donors (Lipinski definition) is 1. The highest BCUT2D eigenvalue weighted by atomic mass is 32.2. The van der Waals surface area contributed by atoms with Gasteiger partial charge in [0.15, 0.2) is 0 Å². The van der Waals surface area contributed by atoms with Crippen LogP contribution in [0.3, 0.4) is 0 Å². The molecule has 0 saturated heterocycles. The fraction of sp³-hybridized carbons (Fsp3) is 0.500. The maximum atomic E-state index is 11.2. The van der Waals surface area contributed by atoms with Crippen molar-refractivity contribution in [2.75, 3.05) is 12.0 Å². The van der Waals surface area contributed by atoms with E-state index in [1.807, 2.05) is 6.20 Å². The van der Waals surface area contributed by atoms with E-state index in [1.54, 1.807) is 0 Å². The molecule has 0 aliphatic rings. The Hall–Kier alpha value is -1.33. The lowest BCUT2D eigenvalue weighted by molar-refractivity contribution is 0.590. The molecule has 0 bridgehead atoms. The van der Waals surface area contributed by atoms with Gasteiger partial charge < -0.3 is 9.88 Å². The summed E-state index contributed by atoms with van der Waals surface area (Å²) in [6.45, 7) is 5.85. The summed E-state index contributed by atoms with van der Waals surface area (Å²) in [6, 6.07) is 8.87. The van der Waals surface area contributed by atoms with Crippen molar-refractivity contribution in [1.29, 1.82) is 0 Å². The van der Waals surface area contributed by atoms with E-state index >= 15 is 0 Å². The predicted molar refractivity (Wildman–Crippen MR) is 88.2 cm³/mol. The minimum Gasteiger partial charge on any atom is -0.347 e.